The largest absolute Gasteiger partial charge is 0.493 e. The Morgan fingerprint density at radius 1 is 1.10 bits per heavy atom. The molecule has 2 heterocycles. The molecule has 0 bridgehead atoms. The molecule has 1 aromatic heterocycles. The third-order valence-electron chi connectivity index (χ3n) is 5.17. The molecule has 0 saturated heterocycles. The van der Waals surface area contributed by atoms with Crippen molar-refractivity contribution in [3.05, 3.63) is 29.8 Å². The van der Waals surface area contributed by atoms with Crippen LogP contribution in [0.4, 0.5) is 0 Å². The number of rotatable bonds is 10. The lowest BCUT2D eigenvalue weighted by atomic mass is 10.2. The molecule has 1 aliphatic rings. The fourth-order valence-corrected chi connectivity index (χ4v) is 4.55. The van der Waals surface area contributed by atoms with Gasteiger partial charge in [-0.3, -0.25) is 4.79 Å². The summed E-state index contributed by atoms with van der Waals surface area (Å²) in [4.78, 5) is 12.1. The maximum absolute atomic E-state index is 12.5. The molecule has 31 heavy (non-hydrogen) atoms. The van der Waals surface area contributed by atoms with Gasteiger partial charge in [0, 0.05) is 45.0 Å². The predicted octanol–water partition coefficient (Wildman–Crippen LogP) is 1.05. The van der Waals surface area contributed by atoms with E-state index in [2.05, 4.69) is 24.8 Å². The molecule has 0 atom stereocenters. The third kappa shape index (κ3) is 5.95. The van der Waals surface area contributed by atoms with Crippen molar-refractivity contribution >= 4 is 15.9 Å². The van der Waals surface area contributed by atoms with Crippen LogP contribution in [0.5, 0.6) is 11.5 Å². The Morgan fingerprint density at radius 2 is 1.90 bits per heavy atom. The zero-order valence-electron chi connectivity index (χ0n) is 17.9. The van der Waals surface area contributed by atoms with Gasteiger partial charge in [-0.15, -0.1) is 10.2 Å². The number of carbonyl (C=O) groups is 1. The van der Waals surface area contributed by atoms with Gasteiger partial charge >= 0.3 is 0 Å². The molecule has 170 valence electrons. The first-order chi connectivity index (χ1) is 14.9. The highest BCUT2D eigenvalue weighted by Crippen LogP contribution is 2.29. The molecule has 10 nitrogen and oxygen atoms in total. The maximum Gasteiger partial charge on any atom is 0.240 e. The van der Waals surface area contributed by atoms with Crippen molar-refractivity contribution in [3.8, 4) is 11.5 Å². The van der Waals surface area contributed by atoms with Crippen molar-refractivity contribution in [1.82, 2.24) is 24.8 Å². The van der Waals surface area contributed by atoms with Gasteiger partial charge in [0.2, 0.25) is 15.9 Å². The van der Waals surface area contributed by atoms with Crippen LogP contribution in [0.15, 0.2) is 23.1 Å². The Hall–Kier alpha value is -2.66. The Balaban J connectivity index is 1.44. The van der Waals surface area contributed by atoms with Crippen LogP contribution in [0.25, 0.3) is 0 Å². The van der Waals surface area contributed by atoms with Gasteiger partial charge in [-0.25, -0.2) is 13.1 Å². The third-order valence-corrected chi connectivity index (χ3v) is 6.63. The minimum absolute atomic E-state index is 0.0111. The summed E-state index contributed by atoms with van der Waals surface area (Å²) in [5.74, 6) is 2.42. The quantitative estimate of drug-likeness (QED) is 0.553. The Bertz CT molecular complexity index is 1010. The van der Waals surface area contributed by atoms with Crippen molar-refractivity contribution in [3.63, 3.8) is 0 Å². The lowest BCUT2D eigenvalue weighted by Gasteiger charge is -2.11. The summed E-state index contributed by atoms with van der Waals surface area (Å²) in [6, 6.07) is 4.32. The molecule has 0 spiro atoms. The molecular formula is C20H29N5O5S. The van der Waals surface area contributed by atoms with Crippen LogP contribution in [-0.2, 0) is 34.2 Å². The Kier molecular flexibility index (Phi) is 7.85. The second-order valence-electron chi connectivity index (χ2n) is 7.26. The second kappa shape index (κ2) is 10.6. The summed E-state index contributed by atoms with van der Waals surface area (Å²) in [7, 11) is -0.863. The summed E-state index contributed by atoms with van der Waals surface area (Å²) < 4.78 is 39.8. The fourth-order valence-electron chi connectivity index (χ4n) is 3.50. The van der Waals surface area contributed by atoms with Crippen LogP contribution in [0, 0.1) is 0 Å². The highest BCUT2D eigenvalue weighted by molar-refractivity contribution is 7.89. The second-order valence-corrected chi connectivity index (χ2v) is 9.03. The van der Waals surface area contributed by atoms with Crippen LogP contribution >= 0.6 is 0 Å². The molecule has 3 rings (SSSR count). The van der Waals surface area contributed by atoms with Gasteiger partial charge in [0.05, 0.1) is 19.1 Å². The molecule has 0 aliphatic carbocycles. The van der Waals surface area contributed by atoms with Crippen molar-refractivity contribution in [2.24, 2.45) is 0 Å². The van der Waals surface area contributed by atoms with Gasteiger partial charge in [0.15, 0.2) is 11.5 Å². The number of nitrogens with zero attached hydrogens (tertiary/aromatic N) is 3. The minimum Gasteiger partial charge on any atom is -0.493 e. The molecule has 1 aliphatic heterocycles. The molecular weight excluding hydrogens is 422 g/mol. The smallest absolute Gasteiger partial charge is 0.240 e. The average molecular weight is 452 g/mol. The number of fused-ring (bicyclic) bond motifs is 1. The molecule has 1 aromatic carbocycles. The number of ether oxygens (including phenoxy) is 2. The summed E-state index contributed by atoms with van der Waals surface area (Å²) in [6.45, 7) is 1.34. The van der Waals surface area contributed by atoms with Crippen LogP contribution in [-0.4, -0.2) is 56.4 Å². The predicted molar refractivity (Wildman–Crippen MR) is 114 cm³/mol. The van der Waals surface area contributed by atoms with E-state index < -0.39 is 10.0 Å². The van der Waals surface area contributed by atoms with E-state index in [9.17, 15) is 13.2 Å². The Labute approximate surface area is 182 Å². The van der Waals surface area contributed by atoms with Gasteiger partial charge < -0.3 is 19.4 Å². The number of carbonyl (C=O) groups excluding carboxylic acids is 1. The van der Waals surface area contributed by atoms with Crippen LogP contribution in [0.3, 0.4) is 0 Å². The highest BCUT2D eigenvalue weighted by atomic mass is 32.2. The van der Waals surface area contributed by atoms with E-state index in [1.54, 1.807) is 0 Å². The number of amides is 1. The maximum atomic E-state index is 12.5. The zero-order valence-corrected chi connectivity index (χ0v) is 18.7. The molecule has 2 N–H and O–H groups in total. The molecule has 11 heteroatoms. The fraction of sp³-hybridized carbons (Fsp3) is 0.550. The van der Waals surface area contributed by atoms with Gasteiger partial charge in [-0.1, -0.05) is 6.42 Å². The molecule has 0 fully saturated rings. The number of sulfonamides is 1. The standard InChI is InChI=1S/C20H29N5O5S/c1-29-16-8-7-15(14-17(16)30-2)31(27,28)22-12-10-20(26)21-11-9-19-24-23-18-6-4-3-5-13-25(18)19/h7-8,14,22H,3-6,9-13H2,1-2H3,(H,21,26). The van der Waals surface area contributed by atoms with E-state index in [0.717, 1.165) is 37.5 Å². The van der Waals surface area contributed by atoms with Gasteiger partial charge in [-0.2, -0.15) is 0 Å². The van der Waals surface area contributed by atoms with E-state index in [1.165, 1.54) is 38.8 Å². The normalized spacial score (nSPS) is 13.9. The number of methoxy groups -OCH3 is 2. The zero-order chi connectivity index (χ0) is 22.3. The van der Waals surface area contributed by atoms with Crippen molar-refractivity contribution in [2.75, 3.05) is 27.3 Å². The van der Waals surface area contributed by atoms with E-state index in [0.29, 0.717) is 24.5 Å². The van der Waals surface area contributed by atoms with Crippen molar-refractivity contribution < 1.29 is 22.7 Å². The van der Waals surface area contributed by atoms with Gasteiger partial charge in [-0.05, 0) is 25.0 Å². The van der Waals surface area contributed by atoms with Crippen molar-refractivity contribution in [1.29, 1.82) is 0 Å². The number of nitrogens with one attached hydrogen (secondary N) is 2. The monoisotopic (exact) mass is 451 g/mol. The van der Waals surface area contributed by atoms with E-state index >= 15 is 0 Å². The summed E-state index contributed by atoms with van der Waals surface area (Å²) in [5.41, 5.74) is 0. The topological polar surface area (TPSA) is 124 Å². The molecule has 0 unspecified atom stereocenters. The summed E-state index contributed by atoms with van der Waals surface area (Å²) in [5, 5.41) is 11.3. The SMILES string of the molecule is COc1ccc(S(=O)(=O)NCCC(=O)NCCc2nnc3n2CCCCC3)cc1OC. The number of hydrogen-bond acceptors (Lipinski definition) is 7. The summed E-state index contributed by atoms with van der Waals surface area (Å²) in [6.07, 6.45) is 5.01. The highest BCUT2D eigenvalue weighted by Gasteiger charge is 2.18. The number of benzene rings is 1. The van der Waals surface area contributed by atoms with Gasteiger partial charge in [0.1, 0.15) is 11.6 Å². The number of aromatic nitrogens is 3. The van der Waals surface area contributed by atoms with Crippen LogP contribution in [0.2, 0.25) is 0 Å². The first-order valence-corrected chi connectivity index (χ1v) is 11.8. The Morgan fingerprint density at radius 3 is 2.68 bits per heavy atom. The molecule has 0 radical (unpaired) electrons. The first-order valence-electron chi connectivity index (χ1n) is 10.3. The minimum atomic E-state index is -3.77. The lowest BCUT2D eigenvalue weighted by molar-refractivity contribution is -0.120. The van der Waals surface area contributed by atoms with Crippen LogP contribution < -0.4 is 19.5 Å². The first kappa shape index (κ1) is 23.0. The summed E-state index contributed by atoms with van der Waals surface area (Å²) >= 11 is 0. The molecule has 2 aromatic rings. The number of hydrogen-bond donors (Lipinski definition) is 2. The average Bonchev–Trinajstić information content (AvgIpc) is 2.99. The van der Waals surface area contributed by atoms with Gasteiger partial charge in [0.25, 0.3) is 0 Å². The van der Waals surface area contributed by atoms with E-state index in [4.69, 9.17) is 9.47 Å². The van der Waals surface area contributed by atoms with E-state index in [-0.39, 0.29) is 23.8 Å². The van der Waals surface area contributed by atoms with Crippen molar-refractivity contribution in [2.45, 2.75) is 50.0 Å². The van der Waals surface area contributed by atoms with Crippen LogP contribution in [0.1, 0.15) is 37.3 Å². The van der Waals surface area contributed by atoms with E-state index in [1.807, 2.05) is 0 Å². The molecule has 0 saturated carbocycles. The lowest BCUT2D eigenvalue weighted by Crippen LogP contribution is -2.32. The molecule has 1 amide bonds. The number of aryl methyl sites for hydroxylation is 1.